The van der Waals surface area contributed by atoms with Crippen LogP contribution >= 0.6 is 22.9 Å². The van der Waals surface area contributed by atoms with Crippen molar-refractivity contribution < 1.29 is 8.42 Å². The molecular formula is C7H9ClO2S2. The lowest BCUT2D eigenvalue weighted by atomic mass is 10.6. The van der Waals surface area contributed by atoms with E-state index < -0.39 is 9.84 Å². The van der Waals surface area contributed by atoms with Crippen molar-refractivity contribution in [3.8, 4) is 0 Å². The van der Waals surface area contributed by atoms with Crippen molar-refractivity contribution in [1.82, 2.24) is 0 Å². The van der Waals surface area contributed by atoms with Crippen molar-refractivity contribution in [2.45, 2.75) is 10.6 Å². The quantitative estimate of drug-likeness (QED) is 0.735. The molecule has 0 fully saturated rings. The van der Waals surface area contributed by atoms with Gasteiger partial charge in [-0.05, 0) is 17.9 Å². The van der Waals surface area contributed by atoms with Crippen LogP contribution in [0.1, 0.15) is 6.42 Å². The zero-order valence-corrected chi connectivity index (χ0v) is 8.75. The van der Waals surface area contributed by atoms with E-state index in [2.05, 4.69) is 0 Å². The molecule has 2 nitrogen and oxygen atoms in total. The Bertz CT molecular complexity index is 315. The van der Waals surface area contributed by atoms with E-state index in [9.17, 15) is 8.42 Å². The lowest BCUT2D eigenvalue weighted by Crippen LogP contribution is -2.05. The standard InChI is InChI=1S/C7H9ClO2S2/c8-4-2-6-12(9,10)7-3-1-5-11-7/h1,3,5H,2,4,6H2. The predicted octanol–water partition coefficient (Wildman–Crippen LogP) is 2.15. The third kappa shape index (κ3) is 2.47. The first-order chi connectivity index (χ1) is 5.67. The number of hydrogen-bond donors (Lipinski definition) is 0. The monoisotopic (exact) mass is 224 g/mol. The second-order valence-electron chi connectivity index (χ2n) is 2.29. The van der Waals surface area contributed by atoms with E-state index in [4.69, 9.17) is 11.6 Å². The highest BCUT2D eigenvalue weighted by atomic mass is 35.5. The highest BCUT2D eigenvalue weighted by molar-refractivity contribution is 7.93. The van der Waals surface area contributed by atoms with Crippen molar-refractivity contribution >= 4 is 32.8 Å². The molecule has 0 bridgehead atoms. The third-order valence-corrected chi connectivity index (χ3v) is 4.90. The van der Waals surface area contributed by atoms with E-state index in [0.29, 0.717) is 16.5 Å². The summed E-state index contributed by atoms with van der Waals surface area (Å²) in [6.07, 6.45) is 0.516. The molecule has 1 rings (SSSR count). The van der Waals surface area contributed by atoms with Gasteiger partial charge in [0, 0.05) is 5.88 Å². The van der Waals surface area contributed by atoms with Gasteiger partial charge in [0.2, 0.25) is 0 Å². The second-order valence-corrected chi connectivity index (χ2v) is 5.96. The summed E-state index contributed by atoms with van der Waals surface area (Å²) in [5, 5.41) is 1.76. The zero-order chi connectivity index (χ0) is 9.03. The highest BCUT2D eigenvalue weighted by Gasteiger charge is 2.13. The molecule has 1 aromatic rings. The van der Waals surface area contributed by atoms with Crippen LogP contribution in [0.15, 0.2) is 21.7 Å². The first-order valence-electron chi connectivity index (χ1n) is 3.49. The van der Waals surface area contributed by atoms with Crippen molar-refractivity contribution in [2.75, 3.05) is 11.6 Å². The topological polar surface area (TPSA) is 34.1 Å². The van der Waals surface area contributed by atoms with Crippen LogP contribution in [0.3, 0.4) is 0 Å². The largest absolute Gasteiger partial charge is 0.223 e. The molecule has 1 aromatic heterocycles. The molecule has 0 aliphatic carbocycles. The summed E-state index contributed by atoms with van der Waals surface area (Å²) in [6.45, 7) is 0. The summed E-state index contributed by atoms with van der Waals surface area (Å²) in [4.78, 5) is 0. The summed E-state index contributed by atoms with van der Waals surface area (Å²) in [7, 11) is -3.05. The molecule has 12 heavy (non-hydrogen) atoms. The lowest BCUT2D eigenvalue weighted by Gasteiger charge is -1.97. The van der Waals surface area contributed by atoms with Crippen LogP contribution in [0.5, 0.6) is 0 Å². The zero-order valence-electron chi connectivity index (χ0n) is 6.36. The van der Waals surface area contributed by atoms with Crippen LogP contribution in [0.2, 0.25) is 0 Å². The molecule has 5 heteroatoms. The number of halogens is 1. The third-order valence-electron chi connectivity index (χ3n) is 1.35. The fraction of sp³-hybridized carbons (Fsp3) is 0.429. The number of alkyl halides is 1. The normalized spacial score (nSPS) is 11.8. The Morgan fingerprint density at radius 3 is 2.75 bits per heavy atom. The van der Waals surface area contributed by atoms with E-state index in [-0.39, 0.29) is 5.75 Å². The van der Waals surface area contributed by atoms with Crippen LogP contribution in [0, 0.1) is 0 Å². The molecule has 1 heterocycles. The van der Waals surface area contributed by atoms with Gasteiger partial charge in [-0.15, -0.1) is 22.9 Å². The van der Waals surface area contributed by atoms with Crippen molar-refractivity contribution in [2.24, 2.45) is 0 Å². The summed E-state index contributed by atoms with van der Waals surface area (Å²) < 4.78 is 23.2. The molecule has 0 atom stereocenters. The van der Waals surface area contributed by atoms with Gasteiger partial charge >= 0.3 is 0 Å². The first kappa shape index (κ1) is 10.0. The average Bonchev–Trinajstić information content (AvgIpc) is 2.53. The summed E-state index contributed by atoms with van der Waals surface area (Å²) in [6, 6.07) is 3.35. The number of rotatable bonds is 4. The van der Waals surface area contributed by atoms with E-state index >= 15 is 0 Å². The molecule has 0 N–H and O–H groups in total. The molecule has 0 saturated heterocycles. The van der Waals surface area contributed by atoms with Gasteiger partial charge in [0.25, 0.3) is 0 Å². The predicted molar refractivity (Wildman–Crippen MR) is 51.7 cm³/mol. The summed E-state index contributed by atoms with van der Waals surface area (Å²) >= 11 is 6.66. The first-order valence-corrected chi connectivity index (χ1v) is 6.56. The van der Waals surface area contributed by atoms with Crippen molar-refractivity contribution in [1.29, 1.82) is 0 Å². The number of thiophene rings is 1. The molecule has 0 radical (unpaired) electrons. The van der Waals surface area contributed by atoms with E-state index in [1.165, 1.54) is 11.3 Å². The van der Waals surface area contributed by atoms with Crippen LogP contribution in [0.25, 0.3) is 0 Å². The maximum Gasteiger partial charge on any atom is 0.187 e. The Morgan fingerprint density at radius 1 is 1.50 bits per heavy atom. The number of sulfone groups is 1. The van der Waals surface area contributed by atoms with Crippen LogP contribution in [-0.2, 0) is 9.84 Å². The Labute approximate surface area is 81.1 Å². The Morgan fingerprint density at radius 2 is 2.25 bits per heavy atom. The summed E-state index contributed by atoms with van der Waals surface area (Å²) in [5.41, 5.74) is 0. The van der Waals surface area contributed by atoms with E-state index in [1.54, 1.807) is 17.5 Å². The smallest absolute Gasteiger partial charge is 0.187 e. The van der Waals surface area contributed by atoms with Crippen molar-refractivity contribution in [3.63, 3.8) is 0 Å². The molecule has 0 aliphatic rings. The Balaban J connectivity index is 2.74. The Hall–Kier alpha value is -0.0600. The van der Waals surface area contributed by atoms with Crippen molar-refractivity contribution in [3.05, 3.63) is 17.5 Å². The van der Waals surface area contributed by atoms with Crippen LogP contribution < -0.4 is 0 Å². The molecule has 0 aromatic carbocycles. The van der Waals surface area contributed by atoms with Gasteiger partial charge in [-0.2, -0.15) is 0 Å². The fourth-order valence-electron chi connectivity index (χ4n) is 0.786. The molecule has 0 spiro atoms. The van der Waals surface area contributed by atoms with Gasteiger partial charge < -0.3 is 0 Å². The number of hydrogen-bond acceptors (Lipinski definition) is 3. The van der Waals surface area contributed by atoms with Gasteiger partial charge in [-0.3, -0.25) is 0 Å². The van der Waals surface area contributed by atoms with Gasteiger partial charge in [-0.25, -0.2) is 8.42 Å². The minimum absolute atomic E-state index is 0.150. The SMILES string of the molecule is O=S(=O)(CCCCl)c1cccs1. The molecule has 0 aliphatic heterocycles. The highest BCUT2D eigenvalue weighted by Crippen LogP contribution is 2.17. The molecular weight excluding hydrogens is 216 g/mol. The maximum atomic E-state index is 11.4. The van der Waals surface area contributed by atoms with E-state index in [1.807, 2.05) is 0 Å². The van der Waals surface area contributed by atoms with E-state index in [0.717, 1.165) is 0 Å². The van der Waals surface area contributed by atoms with Gasteiger partial charge in [-0.1, -0.05) is 6.07 Å². The molecule has 0 amide bonds. The van der Waals surface area contributed by atoms with Gasteiger partial charge in [0.05, 0.1) is 5.75 Å². The second kappa shape index (κ2) is 4.25. The molecule has 0 saturated carbocycles. The van der Waals surface area contributed by atoms with Gasteiger partial charge in [0.15, 0.2) is 9.84 Å². The summed E-state index contributed by atoms with van der Waals surface area (Å²) in [5.74, 6) is 0.543. The van der Waals surface area contributed by atoms with Crippen LogP contribution in [-0.4, -0.2) is 20.1 Å². The van der Waals surface area contributed by atoms with Crippen LogP contribution in [0.4, 0.5) is 0 Å². The molecule has 0 unspecified atom stereocenters. The maximum absolute atomic E-state index is 11.4. The molecule has 68 valence electrons. The lowest BCUT2D eigenvalue weighted by molar-refractivity contribution is 0.597. The minimum Gasteiger partial charge on any atom is -0.223 e. The fourth-order valence-corrected chi connectivity index (χ4v) is 3.54. The average molecular weight is 225 g/mol. The van der Waals surface area contributed by atoms with Gasteiger partial charge in [0.1, 0.15) is 4.21 Å². The Kier molecular flexibility index (Phi) is 3.55. The minimum atomic E-state index is -3.05.